The van der Waals surface area contributed by atoms with Gasteiger partial charge in [-0.1, -0.05) is 48.0 Å². The summed E-state index contributed by atoms with van der Waals surface area (Å²) in [4.78, 5) is 14.7. The maximum absolute atomic E-state index is 12.8. The van der Waals surface area contributed by atoms with Gasteiger partial charge in [0.2, 0.25) is 5.91 Å². The van der Waals surface area contributed by atoms with Crippen LogP contribution in [-0.4, -0.2) is 30.4 Å². The van der Waals surface area contributed by atoms with Gasteiger partial charge in [0.1, 0.15) is 0 Å². The summed E-state index contributed by atoms with van der Waals surface area (Å²) in [6.07, 6.45) is 1.11. The fourth-order valence-electron chi connectivity index (χ4n) is 3.17. The number of rotatable bonds is 4. The molecule has 24 heavy (non-hydrogen) atoms. The number of hydrogen-bond acceptors (Lipinski definition) is 3. The molecule has 0 bridgehead atoms. The third-order valence-corrected chi connectivity index (χ3v) is 4.84. The number of carbonyl (C=O) groups is 1. The summed E-state index contributed by atoms with van der Waals surface area (Å²) in [5.74, 6) is 0.143. The van der Waals surface area contributed by atoms with Crippen molar-refractivity contribution in [3.63, 3.8) is 0 Å². The number of piperazine rings is 1. The lowest BCUT2D eigenvalue weighted by Crippen LogP contribution is -2.48. The van der Waals surface area contributed by atoms with Gasteiger partial charge in [0, 0.05) is 36.8 Å². The van der Waals surface area contributed by atoms with Gasteiger partial charge in [-0.2, -0.15) is 0 Å². The van der Waals surface area contributed by atoms with Crippen LogP contribution in [0.4, 0.5) is 5.69 Å². The maximum atomic E-state index is 12.8. The van der Waals surface area contributed by atoms with E-state index in [2.05, 4.69) is 5.32 Å². The van der Waals surface area contributed by atoms with Crippen molar-refractivity contribution in [3.05, 3.63) is 64.7 Å². The molecule has 2 aromatic rings. The smallest absolute Gasteiger partial charge is 0.223 e. The minimum absolute atomic E-state index is 0.0203. The molecule has 126 valence electrons. The number of nitrogens with one attached hydrogen (secondary N) is 1. The number of nitrogens with zero attached hydrogens (tertiary/aromatic N) is 1. The Hall–Kier alpha value is -2.04. The summed E-state index contributed by atoms with van der Waals surface area (Å²) in [5, 5.41) is 4.06. The Morgan fingerprint density at radius 2 is 1.96 bits per heavy atom. The first kappa shape index (κ1) is 16.8. The lowest BCUT2D eigenvalue weighted by Gasteiger charge is -2.37. The number of benzene rings is 2. The highest BCUT2D eigenvalue weighted by Crippen LogP contribution is 2.29. The van der Waals surface area contributed by atoms with E-state index in [1.807, 2.05) is 53.4 Å². The highest BCUT2D eigenvalue weighted by molar-refractivity contribution is 6.31. The Morgan fingerprint density at radius 3 is 2.75 bits per heavy atom. The van der Waals surface area contributed by atoms with Gasteiger partial charge in [-0.15, -0.1) is 0 Å². The summed E-state index contributed by atoms with van der Waals surface area (Å²) in [7, 11) is 0. The Morgan fingerprint density at radius 1 is 1.21 bits per heavy atom. The quantitative estimate of drug-likeness (QED) is 0.839. The fourth-order valence-corrected chi connectivity index (χ4v) is 3.43. The summed E-state index contributed by atoms with van der Waals surface area (Å²) in [6.45, 7) is 2.22. The third-order valence-electron chi connectivity index (χ3n) is 4.49. The molecule has 0 aromatic heterocycles. The standard InChI is InChI=1S/C19H22ClN3O/c20-16-7-3-2-6-15(16)18-13-22-11-12-23(18)19(24)10-9-14-5-1-4-8-17(14)21/h1-8,18,22H,9-13,21H2. The number of amides is 1. The van der Waals surface area contributed by atoms with E-state index in [1.165, 1.54) is 0 Å². The first-order valence-electron chi connectivity index (χ1n) is 8.25. The summed E-state index contributed by atoms with van der Waals surface area (Å²) < 4.78 is 0. The molecule has 1 unspecified atom stereocenters. The highest BCUT2D eigenvalue weighted by atomic mass is 35.5. The molecule has 0 aliphatic carbocycles. The highest BCUT2D eigenvalue weighted by Gasteiger charge is 2.28. The molecule has 0 saturated carbocycles. The van der Waals surface area contributed by atoms with Crippen LogP contribution in [0.2, 0.25) is 5.02 Å². The third kappa shape index (κ3) is 3.71. The van der Waals surface area contributed by atoms with Crippen LogP contribution in [0.3, 0.4) is 0 Å². The van der Waals surface area contributed by atoms with Crippen LogP contribution in [0.25, 0.3) is 0 Å². The van der Waals surface area contributed by atoms with E-state index in [4.69, 9.17) is 17.3 Å². The van der Waals surface area contributed by atoms with E-state index >= 15 is 0 Å². The molecular formula is C19H22ClN3O. The predicted molar refractivity (Wildman–Crippen MR) is 98.0 cm³/mol. The molecule has 1 aliphatic heterocycles. The first-order chi connectivity index (χ1) is 11.7. The molecule has 1 saturated heterocycles. The summed E-state index contributed by atoms with van der Waals surface area (Å²) in [6, 6.07) is 15.4. The Balaban J connectivity index is 1.72. The average Bonchev–Trinajstić information content (AvgIpc) is 2.61. The predicted octanol–water partition coefficient (Wildman–Crippen LogP) is 3.03. The van der Waals surface area contributed by atoms with Crippen molar-refractivity contribution >= 4 is 23.2 Å². The van der Waals surface area contributed by atoms with Crippen molar-refractivity contribution in [2.75, 3.05) is 25.4 Å². The van der Waals surface area contributed by atoms with Gasteiger partial charge < -0.3 is 16.0 Å². The molecule has 2 aromatic carbocycles. The molecule has 3 rings (SSSR count). The van der Waals surface area contributed by atoms with Crippen LogP contribution in [0.1, 0.15) is 23.6 Å². The zero-order chi connectivity index (χ0) is 16.9. The molecule has 1 atom stereocenters. The van der Waals surface area contributed by atoms with E-state index in [1.54, 1.807) is 0 Å². The number of nitrogen functional groups attached to an aromatic ring is 1. The number of anilines is 1. The Labute approximate surface area is 147 Å². The molecule has 0 radical (unpaired) electrons. The van der Waals surface area contributed by atoms with Crippen LogP contribution >= 0.6 is 11.6 Å². The van der Waals surface area contributed by atoms with Crippen molar-refractivity contribution in [2.24, 2.45) is 0 Å². The van der Waals surface area contributed by atoms with E-state index in [9.17, 15) is 4.79 Å². The van der Waals surface area contributed by atoms with Gasteiger partial charge in [-0.25, -0.2) is 0 Å². The van der Waals surface area contributed by atoms with Crippen molar-refractivity contribution < 1.29 is 4.79 Å². The molecule has 5 heteroatoms. The van der Waals surface area contributed by atoms with E-state index < -0.39 is 0 Å². The molecule has 3 N–H and O–H groups in total. The number of aryl methyl sites for hydroxylation is 1. The lowest BCUT2D eigenvalue weighted by molar-refractivity contribution is -0.134. The SMILES string of the molecule is Nc1ccccc1CCC(=O)N1CCNCC1c1ccccc1Cl. The van der Waals surface area contributed by atoms with Crippen molar-refractivity contribution in [1.29, 1.82) is 0 Å². The van der Waals surface area contributed by atoms with E-state index in [0.29, 0.717) is 24.4 Å². The van der Waals surface area contributed by atoms with Crippen molar-refractivity contribution in [2.45, 2.75) is 18.9 Å². The molecular weight excluding hydrogens is 322 g/mol. The van der Waals surface area contributed by atoms with Crippen LogP contribution in [0, 0.1) is 0 Å². The molecule has 1 fully saturated rings. The van der Waals surface area contributed by atoms with Gasteiger partial charge >= 0.3 is 0 Å². The second-order valence-electron chi connectivity index (χ2n) is 6.03. The maximum Gasteiger partial charge on any atom is 0.223 e. The Kier molecular flexibility index (Phi) is 5.38. The van der Waals surface area contributed by atoms with Gasteiger partial charge in [0.05, 0.1) is 6.04 Å². The molecule has 1 heterocycles. The zero-order valence-corrected chi connectivity index (χ0v) is 14.3. The average molecular weight is 344 g/mol. The van der Waals surface area contributed by atoms with Crippen molar-refractivity contribution in [3.8, 4) is 0 Å². The van der Waals surface area contributed by atoms with Gasteiger partial charge in [0.25, 0.3) is 0 Å². The second-order valence-corrected chi connectivity index (χ2v) is 6.43. The van der Waals surface area contributed by atoms with E-state index in [0.717, 1.165) is 29.9 Å². The summed E-state index contributed by atoms with van der Waals surface area (Å²) >= 11 is 6.34. The van der Waals surface area contributed by atoms with Crippen LogP contribution in [-0.2, 0) is 11.2 Å². The fraction of sp³-hybridized carbons (Fsp3) is 0.316. The molecule has 4 nitrogen and oxygen atoms in total. The van der Waals surface area contributed by atoms with Gasteiger partial charge in [-0.05, 0) is 29.7 Å². The Bertz CT molecular complexity index is 719. The van der Waals surface area contributed by atoms with Crippen LogP contribution < -0.4 is 11.1 Å². The van der Waals surface area contributed by atoms with Crippen LogP contribution in [0.15, 0.2) is 48.5 Å². The number of halogens is 1. The minimum Gasteiger partial charge on any atom is -0.399 e. The molecule has 1 aliphatic rings. The monoisotopic (exact) mass is 343 g/mol. The number of para-hydroxylation sites is 1. The largest absolute Gasteiger partial charge is 0.399 e. The normalized spacial score (nSPS) is 17.7. The number of hydrogen-bond donors (Lipinski definition) is 2. The van der Waals surface area contributed by atoms with Crippen LogP contribution in [0.5, 0.6) is 0 Å². The molecule has 0 spiro atoms. The topological polar surface area (TPSA) is 58.4 Å². The zero-order valence-electron chi connectivity index (χ0n) is 13.5. The van der Waals surface area contributed by atoms with Crippen molar-refractivity contribution in [1.82, 2.24) is 10.2 Å². The number of carbonyl (C=O) groups excluding carboxylic acids is 1. The summed E-state index contributed by atoms with van der Waals surface area (Å²) in [5.41, 5.74) is 8.74. The molecule has 1 amide bonds. The second kappa shape index (κ2) is 7.69. The minimum atomic E-state index is -0.0203. The van der Waals surface area contributed by atoms with Gasteiger partial charge in [0.15, 0.2) is 0 Å². The lowest BCUT2D eigenvalue weighted by atomic mass is 10.0. The first-order valence-corrected chi connectivity index (χ1v) is 8.62. The van der Waals surface area contributed by atoms with E-state index in [-0.39, 0.29) is 11.9 Å². The van der Waals surface area contributed by atoms with Gasteiger partial charge in [-0.3, -0.25) is 4.79 Å². The number of nitrogens with two attached hydrogens (primary N) is 1.